The Bertz CT molecular complexity index is 671. The first-order valence-electron chi connectivity index (χ1n) is 7.66. The molecule has 3 rings (SSSR count). The molecule has 9 heteroatoms. The van der Waals surface area contributed by atoms with Crippen molar-refractivity contribution in [1.29, 1.82) is 0 Å². The SMILES string of the molecule is CCS(=O)(=O)N1CCC(F)(F)C2(CCN(c3cnccn3)C2)C1. The fourth-order valence-corrected chi connectivity index (χ4v) is 4.61. The molecule has 1 aromatic rings. The quantitative estimate of drug-likeness (QED) is 0.827. The van der Waals surface area contributed by atoms with Crippen molar-refractivity contribution < 1.29 is 17.2 Å². The molecule has 128 valence electrons. The van der Waals surface area contributed by atoms with Crippen LogP contribution in [-0.4, -0.2) is 60.5 Å². The van der Waals surface area contributed by atoms with Gasteiger partial charge in [-0.1, -0.05) is 0 Å². The van der Waals surface area contributed by atoms with Crippen molar-refractivity contribution in [1.82, 2.24) is 14.3 Å². The third-order valence-electron chi connectivity index (χ3n) is 4.92. The van der Waals surface area contributed by atoms with E-state index in [9.17, 15) is 17.2 Å². The first kappa shape index (κ1) is 16.5. The summed E-state index contributed by atoms with van der Waals surface area (Å²) in [5.74, 6) is -2.40. The molecule has 23 heavy (non-hydrogen) atoms. The predicted octanol–water partition coefficient (Wildman–Crippen LogP) is 1.36. The van der Waals surface area contributed by atoms with Gasteiger partial charge in [0, 0.05) is 45.0 Å². The minimum Gasteiger partial charge on any atom is -0.354 e. The lowest BCUT2D eigenvalue weighted by Crippen LogP contribution is -2.58. The molecule has 2 aliphatic rings. The van der Waals surface area contributed by atoms with Crippen LogP contribution in [0.1, 0.15) is 19.8 Å². The van der Waals surface area contributed by atoms with Crippen molar-refractivity contribution in [2.45, 2.75) is 25.7 Å². The van der Waals surface area contributed by atoms with Gasteiger partial charge in [0.1, 0.15) is 5.82 Å². The van der Waals surface area contributed by atoms with Gasteiger partial charge in [0.25, 0.3) is 5.92 Å². The summed E-state index contributed by atoms with van der Waals surface area (Å²) in [4.78, 5) is 9.89. The molecule has 0 bridgehead atoms. The van der Waals surface area contributed by atoms with Crippen molar-refractivity contribution in [3.8, 4) is 0 Å². The van der Waals surface area contributed by atoms with Crippen LogP contribution < -0.4 is 4.90 Å². The minimum absolute atomic E-state index is 0.0669. The molecule has 0 aliphatic carbocycles. The zero-order chi connectivity index (χ0) is 16.7. The summed E-state index contributed by atoms with van der Waals surface area (Å²) in [5, 5.41) is 0. The maximum Gasteiger partial charge on any atom is 0.257 e. The van der Waals surface area contributed by atoms with Gasteiger partial charge in [-0.15, -0.1) is 0 Å². The molecular formula is C14H20F2N4O2S. The lowest BCUT2D eigenvalue weighted by molar-refractivity contribution is -0.145. The molecule has 2 aliphatic heterocycles. The van der Waals surface area contributed by atoms with E-state index in [0.717, 1.165) is 0 Å². The van der Waals surface area contributed by atoms with E-state index in [-0.39, 0.29) is 31.8 Å². The second kappa shape index (κ2) is 5.62. The summed E-state index contributed by atoms with van der Waals surface area (Å²) in [7, 11) is -3.46. The van der Waals surface area contributed by atoms with E-state index in [2.05, 4.69) is 9.97 Å². The number of sulfonamides is 1. The van der Waals surface area contributed by atoms with Crippen LogP contribution in [-0.2, 0) is 10.0 Å². The van der Waals surface area contributed by atoms with Crippen LogP contribution in [0.4, 0.5) is 14.6 Å². The highest BCUT2D eigenvalue weighted by Gasteiger charge is 2.60. The van der Waals surface area contributed by atoms with Crippen molar-refractivity contribution in [3.63, 3.8) is 0 Å². The van der Waals surface area contributed by atoms with E-state index < -0.39 is 27.8 Å². The van der Waals surface area contributed by atoms with Gasteiger partial charge in [-0.05, 0) is 13.3 Å². The second-order valence-corrected chi connectivity index (χ2v) is 8.46. The molecule has 3 heterocycles. The zero-order valence-electron chi connectivity index (χ0n) is 13.0. The van der Waals surface area contributed by atoms with Gasteiger partial charge in [0.05, 0.1) is 17.4 Å². The molecule has 1 aromatic heterocycles. The van der Waals surface area contributed by atoms with Gasteiger partial charge in [0.2, 0.25) is 10.0 Å². The highest BCUT2D eigenvalue weighted by atomic mass is 32.2. The van der Waals surface area contributed by atoms with Crippen molar-refractivity contribution in [2.75, 3.05) is 36.8 Å². The Kier molecular flexibility index (Phi) is 4.04. The number of hydrogen-bond acceptors (Lipinski definition) is 5. The summed E-state index contributed by atoms with van der Waals surface area (Å²) >= 11 is 0. The van der Waals surface area contributed by atoms with Crippen LogP contribution in [0.15, 0.2) is 18.6 Å². The first-order valence-corrected chi connectivity index (χ1v) is 9.27. The topological polar surface area (TPSA) is 66.4 Å². The largest absolute Gasteiger partial charge is 0.354 e. The number of rotatable bonds is 3. The molecular weight excluding hydrogens is 326 g/mol. The van der Waals surface area contributed by atoms with E-state index in [4.69, 9.17) is 0 Å². The van der Waals surface area contributed by atoms with Crippen LogP contribution in [0.25, 0.3) is 0 Å². The molecule has 0 saturated carbocycles. The van der Waals surface area contributed by atoms with Crippen molar-refractivity contribution >= 4 is 15.8 Å². The molecule has 6 nitrogen and oxygen atoms in total. The Morgan fingerprint density at radius 3 is 2.65 bits per heavy atom. The van der Waals surface area contributed by atoms with Crippen LogP contribution >= 0.6 is 0 Å². The lowest BCUT2D eigenvalue weighted by atomic mass is 9.76. The van der Waals surface area contributed by atoms with Gasteiger partial charge in [0.15, 0.2) is 0 Å². The average Bonchev–Trinajstić information content (AvgIpc) is 2.97. The molecule has 0 amide bonds. The van der Waals surface area contributed by atoms with E-state index in [1.54, 1.807) is 11.1 Å². The van der Waals surface area contributed by atoms with Crippen molar-refractivity contribution in [2.24, 2.45) is 5.41 Å². The van der Waals surface area contributed by atoms with E-state index in [0.29, 0.717) is 12.4 Å². The number of nitrogens with zero attached hydrogens (tertiary/aromatic N) is 4. The Labute approximate surface area is 134 Å². The van der Waals surface area contributed by atoms with Crippen LogP contribution in [0.5, 0.6) is 0 Å². The summed E-state index contributed by atoms with van der Waals surface area (Å²) in [6, 6.07) is 0. The number of aromatic nitrogens is 2. The summed E-state index contributed by atoms with van der Waals surface area (Å²) in [6.45, 7) is 1.81. The predicted molar refractivity (Wildman–Crippen MR) is 81.9 cm³/mol. The molecule has 1 spiro atoms. The van der Waals surface area contributed by atoms with E-state index >= 15 is 0 Å². The maximum atomic E-state index is 14.6. The number of anilines is 1. The molecule has 2 fully saturated rings. The fourth-order valence-electron chi connectivity index (χ4n) is 3.43. The van der Waals surface area contributed by atoms with Crippen LogP contribution in [0.3, 0.4) is 0 Å². The highest BCUT2D eigenvalue weighted by molar-refractivity contribution is 7.89. The Balaban J connectivity index is 1.86. The molecule has 0 radical (unpaired) electrons. The van der Waals surface area contributed by atoms with Crippen LogP contribution in [0, 0.1) is 5.41 Å². The van der Waals surface area contributed by atoms with E-state index in [1.807, 2.05) is 0 Å². The zero-order valence-corrected chi connectivity index (χ0v) is 13.8. The summed E-state index contributed by atoms with van der Waals surface area (Å²) in [5.41, 5.74) is -1.36. The van der Waals surface area contributed by atoms with Crippen LogP contribution in [0.2, 0.25) is 0 Å². The fraction of sp³-hybridized carbons (Fsp3) is 0.714. The van der Waals surface area contributed by atoms with Gasteiger partial charge < -0.3 is 4.90 Å². The monoisotopic (exact) mass is 346 g/mol. The third-order valence-corrected chi connectivity index (χ3v) is 6.74. The van der Waals surface area contributed by atoms with Crippen molar-refractivity contribution in [3.05, 3.63) is 18.6 Å². The normalized spacial score (nSPS) is 28.4. The molecule has 1 unspecified atom stereocenters. The lowest BCUT2D eigenvalue weighted by Gasteiger charge is -2.45. The van der Waals surface area contributed by atoms with Gasteiger partial charge in [-0.25, -0.2) is 26.5 Å². The third kappa shape index (κ3) is 2.80. The number of halogens is 2. The summed E-state index contributed by atoms with van der Waals surface area (Å²) < 4.78 is 54.7. The highest BCUT2D eigenvalue weighted by Crippen LogP contribution is 2.50. The summed E-state index contributed by atoms with van der Waals surface area (Å²) in [6.07, 6.45) is 4.40. The van der Waals surface area contributed by atoms with Gasteiger partial charge in [-0.2, -0.15) is 0 Å². The molecule has 1 atom stereocenters. The molecule has 2 saturated heterocycles. The Morgan fingerprint density at radius 2 is 2.00 bits per heavy atom. The smallest absolute Gasteiger partial charge is 0.257 e. The van der Waals surface area contributed by atoms with E-state index in [1.165, 1.54) is 23.6 Å². The minimum atomic E-state index is -3.46. The second-order valence-electron chi connectivity index (χ2n) is 6.20. The average molecular weight is 346 g/mol. The van der Waals surface area contributed by atoms with Gasteiger partial charge >= 0.3 is 0 Å². The first-order chi connectivity index (χ1) is 10.8. The number of piperidine rings is 1. The number of alkyl halides is 2. The Morgan fingerprint density at radius 1 is 1.22 bits per heavy atom. The molecule has 0 N–H and O–H groups in total. The molecule has 0 aromatic carbocycles. The van der Waals surface area contributed by atoms with Gasteiger partial charge in [-0.3, -0.25) is 4.98 Å². The maximum absolute atomic E-state index is 14.6. The number of hydrogen-bond donors (Lipinski definition) is 0. The standard InChI is InChI=1S/C14H20F2N4O2S/c1-2-23(21,22)20-8-4-14(15,16)13(11-20)3-7-19(10-13)12-9-17-5-6-18-12/h5-6,9H,2-4,7-8,10-11H2,1H3. The Hall–Kier alpha value is -1.35.